The molecule has 0 heterocycles. The molecule has 0 radical (unpaired) electrons. The number of anilines is 1. The summed E-state index contributed by atoms with van der Waals surface area (Å²) in [4.78, 5) is 37.3. The fourth-order valence-electron chi connectivity index (χ4n) is 2.33. The fourth-order valence-corrected chi connectivity index (χ4v) is 2.33. The van der Waals surface area contributed by atoms with Gasteiger partial charge in [-0.15, -0.1) is 0 Å². The SMILES string of the molecule is CCOc1ccc(C(=O)NCC(=O)N(C)CC(=O)Nc2cccc(F)c2)cc1. The molecule has 2 N–H and O–H groups in total. The van der Waals surface area contributed by atoms with Gasteiger partial charge < -0.3 is 20.3 Å². The standard InChI is InChI=1S/C20H22FN3O4/c1-3-28-17-9-7-14(8-10-17)20(27)22-12-19(26)24(2)13-18(25)23-16-6-4-5-15(21)11-16/h4-11H,3,12-13H2,1-2H3,(H,22,27)(H,23,25). The second-order valence-electron chi connectivity index (χ2n) is 5.95. The second kappa shape index (κ2) is 10.1. The summed E-state index contributed by atoms with van der Waals surface area (Å²) in [6.45, 7) is 1.91. The van der Waals surface area contributed by atoms with E-state index in [1.807, 2.05) is 6.92 Å². The van der Waals surface area contributed by atoms with Crippen molar-refractivity contribution < 1.29 is 23.5 Å². The van der Waals surface area contributed by atoms with E-state index in [4.69, 9.17) is 4.74 Å². The van der Waals surface area contributed by atoms with E-state index < -0.39 is 23.5 Å². The number of hydrogen-bond donors (Lipinski definition) is 2. The molecule has 28 heavy (non-hydrogen) atoms. The van der Waals surface area contributed by atoms with E-state index in [-0.39, 0.29) is 13.1 Å². The molecule has 0 saturated carbocycles. The lowest BCUT2D eigenvalue weighted by Crippen LogP contribution is -2.41. The highest BCUT2D eigenvalue weighted by Crippen LogP contribution is 2.12. The van der Waals surface area contributed by atoms with Crippen molar-refractivity contribution in [3.63, 3.8) is 0 Å². The molecule has 0 aliphatic heterocycles. The number of rotatable bonds is 8. The molecule has 148 valence electrons. The van der Waals surface area contributed by atoms with Crippen LogP contribution in [0.5, 0.6) is 5.75 Å². The Labute approximate surface area is 162 Å². The molecule has 8 heteroatoms. The maximum atomic E-state index is 13.1. The van der Waals surface area contributed by atoms with Gasteiger partial charge in [0.15, 0.2) is 0 Å². The average molecular weight is 387 g/mol. The van der Waals surface area contributed by atoms with Crippen LogP contribution in [-0.2, 0) is 9.59 Å². The van der Waals surface area contributed by atoms with Crippen LogP contribution in [0, 0.1) is 5.82 Å². The largest absolute Gasteiger partial charge is 0.494 e. The lowest BCUT2D eigenvalue weighted by Gasteiger charge is -2.17. The number of carbonyl (C=O) groups excluding carboxylic acids is 3. The maximum absolute atomic E-state index is 13.1. The summed E-state index contributed by atoms with van der Waals surface area (Å²) in [5.74, 6) is -1.14. The highest BCUT2D eigenvalue weighted by Gasteiger charge is 2.15. The molecule has 0 fully saturated rings. The third-order valence-electron chi connectivity index (χ3n) is 3.74. The Kier molecular flexibility index (Phi) is 7.50. The van der Waals surface area contributed by atoms with Gasteiger partial charge >= 0.3 is 0 Å². The number of hydrogen-bond acceptors (Lipinski definition) is 4. The van der Waals surface area contributed by atoms with Crippen LogP contribution in [0.15, 0.2) is 48.5 Å². The molecular weight excluding hydrogens is 365 g/mol. The summed E-state index contributed by atoms with van der Waals surface area (Å²) in [5, 5.41) is 5.01. The van der Waals surface area contributed by atoms with E-state index in [1.165, 1.54) is 30.1 Å². The Morgan fingerprint density at radius 3 is 2.46 bits per heavy atom. The first kappa shape index (κ1) is 20.9. The third kappa shape index (κ3) is 6.39. The van der Waals surface area contributed by atoms with Gasteiger partial charge in [-0.1, -0.05) is 6.07 Å². The number of carbonyl (C=O) groups is 3. The number of benzene rings is 2. The Balaban J connectivity index is 1.79. The topological polar surface area (TPSA) is 87.7 Å². The lowest BCUT2D eigenvalue weighted by molar-refractivity contribution is -0.132. The zero-order valence-electron chi connectivity index (χ0n) is 15.7. The smallest absolute Gasteiger partial charge is 0.251 e. The first-order valence-corrected chi connectivity index (χ1v) is 8.69. The zero-order valence-corrected chi connectivity index (χ0v) is 15.7. The molecule has 0 unspecified atom stereocenters. The van der Waals surface area contributed by atoms with Gasteiger partial charge in [0.2, 0.25) is 11.8 Å². The van der Waals surface area contributed by atoms with Crippen LogP contribution in [0.1, 0.15) is 17.3 Å². The molecular formula is C20H22FN3O4. The number of halogens is 1. The number of nitrogens with zero attached hydrogens (tertiary/aromatic N) is 1. The molecule has 3 amide bonds. The summed E-state index contributed by atoms with van der Waals surface area (Å²) >= 11 is 0. The zero-order chi connectivity index (χ0) is 20.5. The van der Waals surface area contributed by atoms with E-state index in [0.29, 0.717) is 23.6 Å². The lowest BCUT2D eigenvalue weighted by atomic mass is 10.2. The second-order valence-corrected chi connectivity index (χ2v) is 5.95. The van der Waals surface area contributed by atoms with Crippen molar-refractivity contribution in [3.8, 4) is 5.75 Å². The number of amides is 3. The summed E-state index contributed by atoms with van der Waals surface area (Å²) in [6, 6.07) is 12.0. The van der Waals surface area contributed by atoms with Crippen molar-refractivity contribution in [3.05, 3.63) is 59.9 Å². The molecule has 0 aromatic heterocycles. The van der Waals surface area contributed by atoms with Gasteiger partial charge in [-0.05, 0) is 49.4 Å². The van der Waals surface area contributed by atoms with E-state index in [1.54, 1.807) is 30.3 Å². The molecule has 0 saturated heterocycles. The van der Waals surface area contributed by atoms with Crippen LogP contribution >= 0.6 is 0 Å². The minimum atomic E-state index is -0.473. The normalized spacial score (nSPS) is 10.1. The molecule has 7 nitrogen and oxygen atoms in total. The Bertz CT molecular complexity index is 840. The van der Waals surface area contributed by atoms with Gasteiger partial charge in [0, 0.05) is 18.3 Å². The molecule has 0 aliphatic rings. The van der Waals surface area contributed by atoms with Crippen LogP contribution in [0.25, 0.3) is 0 Å². The van der Waals surface area contributed by atoms with Crippen LogP contribution in [0.2, 0.25) is 0 Å². The molecule has 0 spiro atoms. The number of nitrogens with one attached hydrogen (secondary N) is 2. The predicted octanol–water partition coefficient (Wildman–Crippen LogP) is 2.05. The first-order chi connectivity index (χ1) is 13.4. The molecule has 2 aromatic rings. The quantitative estimate of drug-likeness (QED) is 0.726. The van der Waals surface area contributed by atoms with Gasteiger partial charge in [-0.3, -0.25) is 14.4 Å². The Hall–Kier alpha value is -3.42. The van der Waals surface area contributed by atoms with Gasteiger partial charge in [-0.25, -0.2) is 4.39 Å². The van der Waals surface area contributed by atoms with Crippen molar-refractivity contribution in [2.75, 3.05) is 32.1 Å². The molecule has 0 aliphatic carbocycles. The Morgan fingerprint density at radius 1 is 1.11 bits per heavy atom. The van der Waals surface area contributed by atoms with Crippen LogP contribution < -0.4 is 15.4 Å². The van der Waals surface area contributed by atoms with Crippen LogP contribution in [-0.4, -0.2) is 49.4 Å². The van der Waals surface area contributed by atoms with Gasteiger partial charge in [0.05, 0.1) is 19.7 Å². The highest BCUT2D eigenvalue weighted by atomic mass is 19.1. The van der Waals surface area contributed by atoms with Crippen molar-refractivity contribution in [1.82, 2.24) is 10.2 Å². The minimum absolute atomic E-state index is 0.228. The average Bonchev–Trinajstić information content (AvgIpc) is 2.66. The number of ether oxygens (including phenoxy) is 1. The van der Waals surface area contributed by atoms with Crippen molar-refractivity contribution >= 4 is 23.4 Å². The summed E-state index contributed by atoms with van der Waals surface area (Å²) in [5.41, 5.74) is 0.692. The number of likely N-dealkylation sites (N-methyl/N-ethyl adjacent to an activating group) is 1. The fraction of sp³-hybridized carbons (Fsp3) is 0.250. The van der Waals surface area contributed by atoms with Crippen molar-refractivity contribution in [2.45, 2.75) is 6.92 Å². The van der Waals surface area contributed by atoms with Crippen LogP contribution in [0.4, 0.5) is 10.1 Å². The minimum Gasteiger partial charge on any atom is -0.494 e. The van der Waals surface area contributed by atoms with Crippen molar-refractivity contribution in [2.24, 2.45) is 0 Å². The summed E-state index contributed by atoms with van der Waals surface area (Å²) in [7, 11) is 1.44. The van der Waals surface area contributed by atoms with E-state index in [0.717, 1.165) is 0 Å². The molecule has 2 rings (SSSR count). The maximum Gasteiger partial charge on any atom is 0.251 e. The molecule has 0 bridgehead atoms. The van der Waals surface area contributed by atoms with Gasteiger partial charge in [0.1, 0.15) is 11.6 Å². The highest BCUT2D eigenvalue weighted by molar-refractivity contribution is 5.98. The monoisotopic (exact) mass is 387 g/mol. The van der Waals surface area contributed by atoms with E-state index in [2.05, 4.69) is 10.6 Å². The summed E-state index contributed by atoms with van der Waals surface area (Å²) in [6.07, 6.45) is 0. The Morgan fingerprint density at radius 2 is 1.82 bits per heavy atom. The molecule has 0 atom stereocenters. The van der Waals surface area contributed by atoms with Gasteiger partial charge in [-0.2, -0.15) is 0 Å². The summed E-state index contributed by atoms with van der Waals surface area (Å²) < 4.78 is 18.4. The van der Waals surface area contributed by atoms with Crippen molar-refractivity contribution in [1.29, 1.82) is 0 Å². The van der Waals surface area contributed by atoms with E-state index >= 15 is 0 Å². The van der Waals surface area contributed by atoms with Crippen LogP contribution in [0.3, 0.4) is 0 Å². The third-order valence-corrected chi connectivity index (χ3v) is 3.74. The molecule has 2 aromatic carbocycles. The van der Waals surface area contributed by atoms with E-state index in [9.17, 15) is 18.8 Å². The van der Waals surface area contributed by atoms with Gasteiger partial charge in [0.25, 0.3) is 5.91 Å². The predicted molar refractivity (Wildman–Crippen MR) is 103 cm³/mol. The first-order valence-electron chi connectivity index (χ1n) is 8.69.